The first-order valence-electron chi connectivity index (χ1n) is 6.45. The van der Waals surface area contributed by atoms with Crippen LogP contribution < -0.4 is 10.1 Å². The lowest BCUT2D eigenvalue weighted by Crippen LogP contribution is -2.13. The molecule has 0 aliphatic heterocycles. The second kappa shape index (κ2) is 6.95. The van der Waals surface area contributed by atoms with E-state index in [0.717, 1.165) is 18.7 Å². The summed E-state index contributed by atoms with van der Waals surface area (Å²) in [5.41, 5.74) is 0. The highest BCUT2D eigenvalue weighted by Crippen LogP contribution is 2.18. The van der Waals surface area contributed by atoms with Crippen LogP contribution in [-0.4, -0.2) is 6.54 Å². The molecular formula is C15H18FNO2. The van der Waals surface area contributed by atoms with Gasteiger partial charge in [0.2, 0.25) is 0 Å². The van der Waals surface area contributed by atoms with E-state index < -0.39 is 0 Å². The Morgan fingerprint density at radius 2 is 1.95 bits per heavy atom. The SMILES string of the molecule is CCCNCc1ccc(COc2ccccc2F)o1. The molecule has 3 nitrogen and oxygen atoms in total. The van der Waals surface area contributed by atoms with Gasteiger partial charge in [-0.25, -0.2) is 4.39 Å². The molecule has 1 heterocycles. The lowest BCUT2D eigenvalue weighted by Gasteiger charge is -2.04. The van der Waals surface area contributed by atoms with E-state index in [0.29, 0.717) is 12.3 Å². The zero-order valence-corrected chi connectivity index (χ0v) is 11.0. The van der Waals surface area contributed by atoms with Gasteiger partial charge in [0.1, 0.15) is 18.1 Å². The average molecular weight is 263 g/mol. The molecule has 1 aromatic heterocycles. The highest BCUT2D eigenvalue weighted by molar-refractivity contribution is 5.23. The molecule has 0 amide bonds. The number of para-hydroxylation sites is 1. The minimum atomic E-state index is -0.362. The Bertz CT molecular complexity index is 510. The van der Waals surface area contributed by atoms with Crippen molar-refractivity contribution in [1.82, 2.24) is 5.32 Å². The predicted octanol–water partition coefficient (Wildman–Crippen LogP) is 3.50. The fraction of sp³-hybridized carbons (Fsp3) is 0.333. The summed E-state index contributed by atoms with van der Waals surface area (Å²) in [5, 5.41) is 3.25. The number of furan rings is 1. The molecule has 2 aromatic rings. The van der Waals surface area contributed by atoms with E-state index in [2.05, 4.69) is 12.2 Å². The second-order valence-electron chi connectivity index (χ2n) is 4.26. The molecule has 1 aromatic carbocycles. The number of nitrogens with one attached hydrogen (secondary N) is 1. The Balaban J connectivity index is 1.85. The molecule has 0 atom stereocenters. The van der Waals surface area contributed by atoms with Crippen molar-refractivity contribution in [2.45, 2.75) is 26.5 Å². The fourth-order valence-corrected chi connectivity index (χ4v) is 1.69. The molecule has 0 aliphatic carbocycles. The Hall–Kier alpha value is -1.81. The predicted molar refractivity (Wildman–Crippen MR) is 71.4 cm³/mol. The molecular weight excluding hydrogens is 245 g/mol. The summed E-state index contributed by atoms with van der Waals surface area (Å²) in [6, 6.07) is 10.1. The third kappa shape index (κ3) is 4.10. The largest absolute Gasteiger partial charge is 0.483 e. The molecule has 2 rings (SSSR count). The van der Waals surface area contributed by atoms with Crippen LogP contribution >= 0.6 is 0 Å². The smallest absolute Gasteiger partial charge is 0.165 e. The van der Waals surface area contributed by atoms with E-state index in [-0.39, 0.29) is 18.2 Å². The number of ether oxygens (including phenoxy) is 1. The lowest BCUT2D eigenvalue weighted by atomic mass is 10.3. The van der Waals surface area contributed by atoms with Crippen LogP contribution in [0, 0.1) is 5.82 Å². The Morgan fingerprint density at radius 1 is 1.16 bits per heavy atom. The molecule has 0 unspecified atom stereocenters. The van der Waals surface area contributed by atoms with Gasteiger partial charge in [0, 0.05) is 0 Å². The molecule has 19 heavy (non-hydrogen) atoms. The molecule has 0 radical (unpaired) electrons. The first kappa shape index (κ1) is 13.6. The summed E-state index contributed by atoms with van der Waals surface area (Å²) in [5.74, 6) is 1.43. The van der Waals surface area contributed by atoms with Crippen LogP contribution in [0.1, 0.15) is 24.9 Å². The number of hydrogen-bond donors (Lipinski definition) is 1. The van der Waals surface area contributed by atoms with Gasteiger partial charge in [0.15, 0.2) is 11.6 Å². The molecule has 4 heteroatoms. The van der Waals surface area contributed by atoms with Crippen LogP contribution in [0.2, 0.25) is 0 Å². The van der Waals surface area contributed by atoms with E-state index in [9.17, 15) is 4.39 Å². The van der Waals surface area contributed by atoms with E-state index in [1.807, 2.05) is 12.1 Å². The van der Waals surface area contributed by atoms with Crippen molar-refractivity contribution in [2.75, 3.05) is 6.54 Å². The minimum absolute atomic E-state index is 0.231. The fourth-order valence-electron chi connectivity index (χ4n) is 1.69. The van der Waals surface area contributed by atoms with E-state index in [1.165, 1.54) is 6.07 Å². The van der Waals surface area contributed by atoms with Crippen LogP contribution in [0.3, 0.4) is 0 Å². The van der Waals surface area contributed by atoms with Gasteiger partial charge in [-0.3, -0.25) is 0 Å². The van der Waals surface area contributed by atoms with Crippen molar-refractivity contribution in [3.63, 3.8) is 0 Å². The maximum Gasteiger partial charge on any atom is 0.165 e. The molecule has 0 fully saturated rings. The lowest BCUT2D eigenvalue weighted by molar-refractivity contribution is 0.254. The van der Waals surface area contributed by atoms with Crippen LogP contribution in [0.5, 0.6) is 5.75 Å². The quantitative estimate of drug-likeness (QED) is 0.776. The third-order valence-electron chi connectivity index (χ3n) is 2.65. The summed E-state index contributed by atoms with van der Waals surface area (Å²) in [6.45, 7) is 4.01. The van der Waals surface area contributed by atoms with Gasteiger partial charge in [-0.15, -0.1) is 0 Å². The first-order chi connectivity index (χ1) is 9.29. The van der Waals surface area contributed by atoms with E-state index >= 15 is 0 Å². The van der Waals surface area contributed by atoms with Crippen molar-refractivity contribution in [2.24, 2.45) is 0 Å². The molecule has 1 N–H and O–H groups in total. The maximum absolute atomic E-state index is 13.3. The van der Waals surface area contributed by atoms with Gasteiger partial charge in [-0.05, 0) is 37.2 Å². The van der Waals surface area contributed by atoms with Crippen molar-refractivity contribution < 1.29 is 13.5 Å². The highest BCUT2D eigenvalue weighted by atomic mass is 19.1. The molecule has 0 saturated carbocycles. The van der Waals surface area contributed by atoms with Gasteiger partial charge < -0.3 is 14.5 Å². The number of hydrogen-bond acceptors (Lipinski definition) is 3. The van der Waals surface area contributed by atoms with Crippen molar-refractivity contribution in [3.8, 4) is 5.75 Å². The Morgan fingerprint density at radius 3 is 2.74 bits per heavy atom. The third-order valence-corrected chi connectivity index (χ3v) is 2.65. The monoisotopic (exact) mass is 263 g/mol. The molecule has 102 valence electrons. The summed E-state index contributed by atoms with van der Waals surface area (Å²) in [7, 11) is 0. The zero-order chi connectivity index (χ0) is 13.5. The van der Waals surface area contributed by atoms with Crippen LogP contribution in [0.15, 0.2) is 40.8 Å². The Kier molecular flexibility index (Phi) is 4.98. The van der Waals surface area contributed by atoms with Crippen LogP contribution in [-0.2, 0) is 13.2 Å². The maximum atomic E-state index is 13.3. The van der Waals surface area contributed by atoms with Crippen molar-refractivity contribution in [3.05, 3.63) is 53.7 Å². The summed E-state index contributed by atoms with van der Waals surface area (Å²) < 4.78 is 24.3. The normalized spacial score (nSPS) is 10.6. The van der Waals surface area contributed by atoms with E-state index in [4.69, 9.17) is 9.15 Å². The van der Waals surface area contributed by atoms with Gasteiger partial charge in [0.25, 0.3) is 0 Å². The van der Waals surface area contributed by atoms with Crippen LogP contribution in [0.4, 0.5) is 4.39 Å². The second-order valence-corrected chi connectivity index (χ2v) is 4.26. The van der Waals surface area contributed by atoms with Crippen LogP contribution in [0.25, 0.3) is 0 Å². The first-order valence-corrected chi connectivity index (χ1v) is 6.45. The number of benzene rings is 1. The number of rotatable bonds is 7. The molecule has 0 bridgehead atoms. The minimum Gasteiger partial charge on any atom is -0.483 e. The van der Waals surface area contributed by atoms with Gasteiger partial charge in [-0.2, -0.15) is 0 Å². The van der Waals surface area contributed by atoms with Gasteiger partial charge in [-0.1, -0.05) is 19.1 Å². The van der Waals surface area contributed by atoms with E-state index in [1.54, 1.807) is 18.2 Å². The van der Waals surface area contributed by atoms with Crippen molar-refractivity contribution >= 4 is 0 Å². The summed E-state index contributed by atoms with van der Waals surface area (Å²) in [4.78, 5) is 0. The molecule has 0 spiro atoms. The van der Waals surface area contributed by atoms with Gasteiger partial charge >= 0.3 is 0 Å². The average Bonchev–Trinajstić information content (AvgIpc) is 2.86. The summed E-state index contributed by atoms with van der Waals surface area (Å²) in [6.07, 6.45) is 1.09. The van der Waals surface area contributed by atoms with Crippen molar-refractivity contribution in [1.29, 1.82) is 0 Å². The summed E-state index contributed by atoms with van der Waals surface area (Å²) >= 11 is 0. The number of halogens is 1. The van der Waals surface area contributed by atoms with Gasteiger partial charge in [0.05, 0.1) is 6.54 Å². The highest BCUT2D eigenvalue weighted by Gasteiger charge is 2.05. The molecule has 0 aliphatic rings. The Labute approximate surface area is 112 Å². The topological polar surface area (TPSA) is 34.4 Å². The molecule has 0 saturated heterocycles. The standard InChI is InChI=1S/C15H18FNO2/c1-2-9-17-10-12-7-8-13(19-12)11-18-15-6-4-3-5-14(15)16/h3-8,17H,2,9-11H2,1H3. The zero-order valence-electron chi connectivity index (χ0n) is 11.0.